The molecule has 0 heterocycles. The Morgan fingerprint density at radius 2 is 1.50 bits per heavy atom. The van der Waals surface area contributed by atoms with E-state index >= 15 is 0 Å². The number of rotatable bonds is 5. The summed E-state index contributed by atoms with van der Waals surface area (Å²) in [6.07, 6.45) is 8.45. The summed E-state index contributed by atoms with van der Waals surface area (Å²) in [6, 6.07) is 14.9. The summed E-state index contributed by atoms with van der Waals surface area (Å²) in [5.74, 6) is 2.85. The van der Waals surface area contributed by atoms with Gasteiger partial charge >= 0.3 is 0 Å². The SMILES string of the molecule is O=C(CSc1ccc(F)cc1)Nc1ccc(C23CC4CC(CC(C4)C2)C3)cc1. The van der Waals surface area contributed by atoms with Gasteiger partial charge in [0, 0.05) is 10.6 Å². The van der Waals surface area contributed by atoms with Gasteiger partial charge in [-0.2, -0.15) is 0 Å². The molecule has 6 rings (SSSR count). The van der Waals surface area contributed by atoms with E-state index in [1.54, 1.807) is 12.1 Å². The molecule has 1 amide bonds. The van der Waals surface area contributed by atoms with Crippen molar-refractivity contribution >= 4 is 23.4 Å². The van der Waals surface area contributed by atoms with E-state index in [9.17, 15) is 9.18 Å². The number of amides is 1. The van der Waals surface area contributed by atoms with Crippen molar-refractivity contribution < 1.29 is 9.18 Å². The molecule has 0 aromatic heterocycles. The summed E-state index contributed by atoms with van der Waals surface area (Å²) in [5, 5.41) is 2.99. The van der Waals surface area contributed by atoms with Crippen LogP contribution in [0.1, 0.15) is 44.1 Å². The van der Waals surface area contributed by atoms with E-state index < -0.39 is 0 Å². The highest BCUT2D eigenvalue weighted by Crippen LogP contribution is 2.60. The molecule has 4 saturated carbocycles. The van der Waals surface area contributed by atoms with Gasteiger partial charge in [-0.15, -0.1) is 11.8 Å². The van der Waals surface area contributed by atoms with Crippen LogP contribution in [-0.2, 0) is 10.2 Å². The highest BCUT2D eigenvalue weighted by molar-refractivity contribution is 8.00. The number of hydrogen-bond acceptors (Lipinski definition) is 2. The lowest BCUT2D eigenvalue weighted by atomic mass is 9.48. The molecule has 2 aromatic carbocycles. The molecule has 2 aromatic rings. The van der Waals surface area contributed by atoms with E-state index in [-0.39, 0.29) is 11.7 Å². The van der Waals surface area contributed by atoms with Gasteiger partial charge < -0.3 is 5.32 Å². The normalized spacial score (nSPS) is 30.4. The molecule has 0 spiro atoms. The molecular weight excluding hydrogens is 369 g/mol. The zero-order valence-electron chi connectivity index (χ0n) is 16.0. The third-order valence-corrected chi connectivity index (χ3v) is 8.01. The Bertz CT molecular complexity index is 826. The van der Waals surface area contributed by atoms with Crippen molar-refractivity contribution in [2.24, 2.45) is 17.8 Å². The van der Waals surface area contributed by atoms with E-state index in [1.807, 2.05) is 0 Å². The maximum atomic E-state index is 13.0. The zero-order valence-corrected chi connectivity index (χ0v) is 16.8. The minimum Gasteiger partial charge on any atom is -0.325 e. The van der Waals surface area contributed by atoms with E-state index in [2.05, 4.69) is 29.6 Å². The molecule has 146 valence electrons. The summed E-state index contributed by atoms with van der Waals surface area (Å²) >= 11 is 1.42. The van der Waals surface area contributed by atoms with Gasteiger partial charge in [-0.25, -0.2) is 4.39 Å². The Hall–Kier alpha value is -1.81. The fourth-order valence-corrected chi connectivity index (χ4v) is 6.95. The lowest BCUT2D eigenvalue weighted by Crippen LogP contribution is -2.48. The summed E-state index contributed by atoms with van der Waals surface area (Å²) in [6.45, 7) is 0. The lowest BCUT2D eigenvalue weighted by Gasteiger charge is -2.57. The van der Waals surface area contributed by atoms with Gasteiger partial charge in [0.05, 0.1) is 5.75 Å². The number of benzene rings is 2. The van der Waals surface area contributed by atoms with Crippen molar-refractivity contribution in [3.8, 4) is 0 Å². The Labute approximate surface area is 170 Å². The van der Waals surface area contributed by atoms with Crippen LogP contribution in [0, 0.1) is 23.6 Å². The van der Waals surface area contributed by atoms with Gasteiger partial charge in [0.2, 0.25) is 5.91 Å². The van der Waals surface area contributed by atoms with Crippen molar-refractivity contribution in [3.05, 3.63) is 59.9 Å². The molecule has 4 fully saturated rings. The van der Waals surface area contributed by atoms with Crippen LogP contribution in [0.25, 0.3) is 0 Å². The molecule has 4 heteroatoms. The lowest BCUT2D eigenvalue weighted by molar-refractivity contribution is -0.113. The average molecular weight is 396 g/mol. The Balaban J connectivity index is 1.21. The van der Waals surface area contributed by atoms with Crippen LogP contribution in [0.2, 0.25) is 0 Å². The second-order valence-electron chi connectivity index (χ2n) is 9.07. The van der Waals surface area contributed by atoms with Gasteiger partial charge in [0.1, 0.15) is 5.82 Å². The molecule has 0 saturated heterocycles. The maximum Gasteiger partial charge on any atom is 0.234 e. The highest BCUT2D eigenvalue weighted by atomic mass is 32.2. The second kappa shape index (κ2) is 7.22. The molecule has 0 aliphatic heterocycles. The summed E-state index contributed by atoms with van der Waals surface area (Å²) in [4.78, 5) is 13.2. The van der Waals surface area contributed by atoms with Crippen molar-refractivity contribution in [1.29, 1.82) is 0 Å². The van der Waals surface area contributed by atoms with Gasteiger partial charge in [-0.05, 0) is 104 Å². The van der Waals surface area contributed by atoms with Crippen LogP contribution in [0.4, 0.5) is 10.1 Å². The van der Waals surface area contributed by atoms with Crippen LogP contribution in [0.15, 0.2) is 53.4 Å². The molecule has 1 N–H and O–H groups in total. The zero-order chi connectivity index (χ0) is 19.1. The first-order valence-electron chi connectivity index (χ1n) is 10.4. The Morgan fingerprint density at radius 3 is 2.07 bits per heavy atom. The third kappa shape index (κ3) is 3.59. The van der Waals surface area contributed by atoms with E-state index in [0.717, 1.165) is 28.3 Å². The van der Waals surface area contributed by atoms with Crippen molar-refractivity contribution in [1.82, 2.24) is 0 Å². The van der Waals surface area contributed by atoms with Crippen LogP contribution in [0.3, 0.4) is 0 Å². The van der Waals surface area contributed by atoms with Crippen LogP contribution >= 0.6 is 11.8 Å². The topological polar surface area (TPSA) is 29.1 Å². The largest absolute Gasteiger partial charge is 0.325 e. The number of anilines is 1. The number of hydrogen-bond donors (Lipinski definition) is 1. The third-order valence-electron chi connectivity index (χ3n) is 7.00. The van der Waals surface area contributed by atoms with Crippen LogP contribution in [0.5, 0.6) is 0 Å². The van der Waals surface area contributed by atoms with E-state index in [0.29, 0.717) is 11.2 Å². The highest BCUT2D eigenvalue weighted by Gasteiger charge is 2.51. The fourth-order valence-electron chi connectivity index (χ4n) is 6.25. The van der Waals surface area contributed by atoms with Gasteiger partial charge in [0.25, 0.3) is 0 Å². The monoisotopic (exact) mass is 395 g/mol. The first-order chi connectivity index (χ1) is 13.6. The van der Waals surface area contributed by atoms with E-state index in [4.69, 9.17) is 0 Å². The molecule has 4 aliphatic carbocycles. The Morgan fingerprint density at radius 1 is 0.929 bits per heavy atom. The fraction of sp³-hybridized carbons (Fsp3) is 0.458. The Kier molecular flexibility index (Phi) is 4.70. The summed E-state index contributed by atoms with van der Waals surface area (Å²) in [7, 11) is 0. The summed E-state index contributed by atoms with van der Waals surface area (Å²) < 4.78 is 13.0. The van der Waals surface area contributed by atoms with E-state index in [1.165, 1.54) is 68.0 Å². The molecule has 0 unspecified atom stereocenters. The molecular formula is C24H26FNOS. The number of thioether (sulfide) groups is 1. The molecule has 2 nitrogen and oxygen atoms in total. The van der Waals surface area contributed by atoms with Crippen LogP contribution < -0.4 is 5.32 Å². The van der Waals surface area contributed by atoms with Gasteiger partial charge in [0.15, 0.2) is 0 Å². The first-order valence-corrected chi connectivity index (χ1v) is 11.4. The number of nitrogens with one attached hydrogen (secondary N) is 1. The molecule has 4 bridgehead atoms. The predicted octanol–water partition coefficient (Wildman–Crippen LogP) is 6.02. The minimum atomic E-state index is -0.257. The molecule has 0 atom stereocenters. The standard InChI is InChI=1S/C24H26FNOS/c25-20-3-7-22(8-4-20)28-15-23(27)26-21-5-1-19(2-6-21)24-12-16-9-17(13-24)11-18(10-16)14-24/h1-8,16-18H,9-15H2,(H,26,27). The number of carbonyl (C=O) groups is 1. The van der Waals surface area contributed by atoms with Crippen molar-refractivity contribution in [3.63, 3.8) is 0 Å². The molecule has 0 radical (unpaired) electrons. The number of carbonyl (C=O) groups excluding carboxylic acids is 1. The molecule has 28 heavy (non-hydrogen) atoms. The smallest absolute Gasteiger partial charge is 0.234 e. The van der Waals surface area contributed by atoms with Crippen molar-refractivity contribution in [2.75, 3.05) is 11.1 Å². The van der Waals surface area contributed by atoms with Crippen molar-refractivity contribution in [2.45, 2.75) is 48.8 Å². The van der Waals surface area contributed by atoms with Gasteiger partial charge in [-0.1, -0.05) is 12.1 Å². The average Bonchev–Trinajstić information content (AvgIpc) is 2.67. The first kappa shape index (κ1) is 18.2. The minimum absolute atomic E-state index is 0.0307. The predicted molar refractivity (Wildman–Crippen MR) is 112 cm³/mol. The van der Waals surface area contributed by atoms with Crippen LogP contribution in [-0.4, -0.2) is 11.7 Å². The quantitative estimate of drug-likeness (QED) is 0.627. The second-order valence-corrected chi connectivity index (χ2v) is 10.1. The number of halogens is 1. The van der Waals surface area contributed by atoms with Gasteiger partial charge in [-0.3, -0.25) is 4.79 Å². The summed E-state index contributed by atoms with van der Waals surface area (Å²) in [5.41, 5.74) is 2.74. The maximum absolute atomic E-state index is 13.0. The molecule has 4 aliphatic rings.